The van der Waals surface area contributed by atoms with Crippen LogP contribution in [-0.2, 0) is 6.54 Å². The zero-order chi connectivity index (χ0) is 21.5. The third-order valence-corrected chi connectivity index (χ3v) is 5.22. The molecule has 3 heterocycles. The molecule has 0 aliphatic carbocycles. The SMILES string of the molecule is CCOc1cc(NC2CCN(C(=O)NCc3ccc(-n4cccn4)cc3)CC2)ncn1. The van der Waals surface area contributed by atoms with Gasteiger partial charge < -0.3 is 20.3 Å². The summed E-state index contributed by atoms with van der Waals surface area (Å²) in [6, 6.07) is 11.9. The van der Waals surface area contributed by atoms with Crippen molar-refractivity contribution in [2.75, 3.05) is 25.0 Å². The summed E-state index contributed by atoms with van der Waals surface area (Å²) in [5.41, 5.74) is 2.04. The van der Waals surface area contributed by atoms with E-state index >= 15 is 0 Å². The lowest BCUT2D eigenvalue weighted by molar-refractivity contribution is 0.183. The van der Waals surface area contributed by atoms with Crippen LogP contribution in [0.1, 0.15) is 25.3 Å². The van der Waals surface area contributed by atoms with Crippen LogP contribution in [-0.4, -0.2) is 56.4 Å². The van der Waals surface area contributed by atoms with Crippen molar-refractivity contribution in [2.45, 2.75) is 32.4 Å². The summed E-state index contributed by atoms with van der Waals surface area (Å²) < 4.78 is 7.22. The number of aromatic nitrogens is 4. The molecule has 4 rings (SSSR count). The first-order valence-electron chi connectivity index (χ1n) is 10.5. The smallest absolute Gasteiger partial charge is 0.317 e. The Morgan fingerprint density at radius 3 is 2.71 bits per heavy atom. The minimum Gasteiger partial charge on any atom is -0.478 e. The molecule has 2 aromatic heterocycles. The largest absolute Gasteiger partial charge is 0.478 e. The Morgan fingerprint density at radius 1 is 1.19 bits per heavy atom. The Balaban J connectivity index is 1.22. The average molecular weight is 422 g/mol. The number of hydrogen-bond acceptors (Lipinski definition) is 6. The summed E-state index contributed by atoms with van der Waals surface area (Å²) in [7, 11) is 0. The summed E-state index contributed by atoms with van der Waals surface area (Å²) in [5.74, 6) is 1.31. The first-order chi connectivity index (χ1) is 15.2. The van der Waals surface area contributed by atoms with Gasteiger partial charge in [0.2, 0.25) is 5.88 Å². The van der Waals surface area contributed by atoms with E-state index in [-0.39, 0.29) is 12.1 Å². The van der Waals surface area contributed by atoms with Crippen molar-refractivity contribution in [3.8, 4) is 11.6 Å². The van der Waals surface area contributed by atoms with Crippen LogP contribution in [0.3, 0.4) is 0 Å². The number of anilines is 1. The molecule has 0 saturated carbocycles. The van der Waals surface area contributed by atoms with E-state index < -0.39 is 0 Å². The molecule has 0 bridgehead atoms. The van der Waals surface area contributed by atoms with E-state index in [0.29, 0.717) is 32.1 Å². The topological polar surface area (TPSA) is 97.2 Å². The Labute approximate surface area is 181 Å². The van der Waals surface area contributed by atoms with Gasteiger partial charge in [-0.25, -0.2) is 19.4 Å². The number of likely N-dealkylation sites (tertiary alicyclic amines) is 1. The van der Waals surface area contributed by atoms with Crippen molar-refractivity contribution in [3.05, 3.63) is 60.7 Å². The maximum atomic E-state index is 12.5. The number of urea groups is 1. The van der Waals surface area contributed by atoms with Crippen LogP contribution >= 0.6 is 0 Å². The van der Waals surface area contributed by atoms with Gasteiger partial charge in [-0.2, -0.15) is 5.10 Å². The maximum absolute atomic E-state index is 12.5. The number of carbonyl (C=O) groups excluding carboxylic acids is 1. The van der Waals surface area contributed by atoms with Gasteiger partial charge in [-0.05, 0) is 43.5 Å². The maximum Gasteiger partial charge on any atom is 0.317 e. The lowest BCUT2D eigenvalue weighted by Gasteiger charge is -2.32. The Morgan fingerprint density at radius 2 is 2.00 bits per heavy atom. The third kappa shape index (κ3) is 5.50. The molecule has 0 atom stereocenters. The fourth-order valence-corrected chi connectivity index (χ4v) is 3.56. The molecular weight excluding hydrogens is 394 g/mol. The van der Waals surface area contributed by atoms with Crippen molar-refractivity contribution in [2.24, 2.45) is 0 Å². The molecule has 162 valence electrons. The normalized spacial score (nSPS) is 14.3. The number of nitrogens with zero attached hydrogens (tertiary/aromatic N) is 5. The van der Waals surface area contributed by atoms with Crippen LogP contribution in [0, 0.1) is 0 Å². The van der Waals surface area contributed by atoms with Crippen molar-refractivity contribution in [3.63, 3.8) is 0 Å². The van der Waals surface area contributed by atoms with Gasteiger partial charge >= 0.3 is 6.03 Å². The highest BCUT2D eigenvalue weighted by atomic mass is 16.5. The van der Waals surface area contributed by atoms with E-state index in [0.717, 1.165) is 29.9 Å². The second-order valence-corrected chi connectivity index (χ2v) is 7.36. The predicted octanol–water partition coefficient (Wildman–Crippen LogP) is 2.85. The quantitative estimate of drug-likeness (QED) is 0.609. The fourth-order valence-electron chi connectivity index (χ4n) is 3.56. The Bertz CT molecular complexity index is 968. The van der Waals surface area contributed by atoms with Gasteiger partial charge in [-0.15, -0.1) is 0 Å². The first-order valence-corrected chi connectivity index (χ1v) is 10.5. The van der Waals surface area contributed by atoms with E-state index in [9.17, 15) is 4.79 Å². The number of nitrogens with one attached hydrogen (secondary N) is 2. The van der Waals surface area contributed by atoms with Crippen molar-refractivity contribution in [1.82, 2.24) is 30.0 Å². The van der Waals surface area contributed by atoms with Gasteiger partial charge in [-0.3, -0.25) is 0 Å². The van der Waals surface area contributed by atoms with E-state index in [1.54, 1.807) is 16.9 Å². The average Bonchev–Trinajstić information content (AvgIpc) is 3.34. The predicted molar refractivity (Wildman–Crippen MR) is 117 cm³/mol. The summed E-state index contributed by atoms with van der Waals surface area (Å²) in [4.78, 5) is 22.7. The number of rotatable bonds is 7. The minimum absolute atomic E-state index is 0.0322. The second-order valence-electron chi connectivity index (χ2n) is 7.36. The lowest BCUT2D eigenvalue weighted by atomic mass is 10.1. The lowest BCUT2D eigenvalue weighted by Crippen LogP contribution is -2.46. The van der Waals surface area contributed by atoms with Crippen LogP contribution in [0.25, 0.3) is 5.69 Å². The van der Waals surface area contributed by atoms with Crippen LogP contribution in [0.4, 0.5) is 10.6 Å². The second kappa shape index (κ2) is 9.92. The zero-order valence-electron chi connectivity index (χ0n) is 17.6. The number of benzene rings is 1. The highest BCUT2D eigenvalue weighted by molar-refractivity contribution is 5.74. The molecule has 1 aromatic carbocycles. The monoisotopic (exact) mass is 421 g/mol. The van der Waals surface area contributed by atoms with Gasteiger partial charge in [0.25, 0.3) is 0 Å². The molecule has 31 heavy (non-hydrogen) atoms. The minimum atomic E-state index is -0.0322. The zero-order valence-corrected chi connectivity index (χ0v) is 17.6. The summed E-state index contributed by atoms with van der Waals surface area (Å²) in [5, 5.41) is 10.7. The van der Waals surface area contributed by atoms with Gasteiger partial charge in [0.1, 0.15) is 12.1 Å². The van der Waals surface area contributed by atoms with Gasteiger partial charge in [0.15, 0.2) is 0 Å². The van der Waals surface area contributed by atoms with Gasteiger partial charge in [0, 0.05) is 44.1 Å². The highest BCUT2D eigenvalue weighted by Gasteiger charge is 2.23. The standard InChI is InChI=1S/C22H27N7O2/c1-2-31-21-14-20(24-16-25-21)27-18-8-12-28(13-9-18)22(30)23-15-17-4-6-19(7-5-17)29-11-3-10-26-29/h3-7,10-11,14,16,18H,2,8-9,12-13,15H2,1H3,(H,23,30)(H,24,25,27). The molecule has 0 radical (unpaired) electrons. The van der Waals surface area contributed by atoms with Crippen molar-refractivity contribution in [1.29, 1.82) is 0 Å². The molecule has 2 amide bonds. The molecular formula is C22H27N7O2. The molecule has 9 heteroatoms. The van der Waals surface area contributed by atoms with Crippen LogP contribution in [0.5, 0.6) is 5.88 Å². The molecule has 0 spiro atoms. The van der Waals surface area contributed by atoms with E-state index in [1.165, 1.54) is 6.33 Å². The Kier molecular flexibility index (Phi) is 6.61. The van der Waals surface area contributed by atoms with E-state index in [4.69, 9.17) is 4.74 Å². The summed E-state index contributed by atoms with van der Waals surface area (Å²) in [6.45, 7) is 4.39. The Hall–Kier alpha value is -3.62. The number of ether oxygens (including phenoxy) is 1. The summed E-state index contributed by atoms with van der Waals surface area (Å²) in [6.07, 6.45) is 6.87. The van der Waals surface area contributed by atoms with Crippen molar-refractivity contribution >= 4 is 11.8 Å². The van der Waals surface area contributed by atoms with E-state index in [1.807, 2.05) is 48.4 Å². The molecule has 9 nitrogen and oxygen atoms in total. The molecule has 1 fully saturated rings. The number of amides is 2. The van der Waals surface area contributed by atoms with Crippen LogP contribution in [0.15, 0.2) is 55.1 Å². The molecule has 1 saturated heterocycles. The number of carbonyl (C=O) groups is 1. The molecule has 2 N–H and O–H groups in total. The molecule has 3 aromatic rings. The fraction of sp³-hybridized carbons (Fsp3) is 0.364. The van der Waals surface area contributed by atoms with Crippen LogP contribution in [0.2, 0.25) is 0 Å². The number of hydrogen-bond donors (Lipinski definition) is 2. The number of piperidine rings is 1. The van der Waals surface area contributed by atoms with Crippen LogP contribution < -0.4 is 15.4 Å². The molecule has 1 aliphatic rings. The third-order valence-electron chi connectivity index (χ3n) is 5.22. The molecule has 1 aliphatic heterocycles. The highest BCUT2D eigenvalue weighted by Crippen LogP contribution is 2.18. The van der Waals surface area contributed by atoms with Crippen molar-refractivity contribution < 1.29 is 9.53 Å². The van der Waals surface area contributed by atoms with Gasteiger partial charge in [0.05, 0.1) is 12.3 Å². The van der Waals surface area contributed by atoms with Gasteiger partial charge in [-0.1, -0.05) is 12.1 Å². The molecule has 0 unspecified atom stereocenters. The first kappa shape index (κ1) is 20.6. The summed E-state index contributed by atoms with van der Waals surface area (Å²) >= 11 is 0. The van der Waals surface area contributed by atoms with E-state index in [2.05, 4.69) is 25.7 Å².